The van der Waals surface area contributed by atoms with Gasteiger partial charge in [0.15, 0.2) is 5.96 Å². The van der Waals surface area contributed by atoms with E-state index < -0.39 is 5.60 Å². The number of amides is 1. The van der Waals surface area contributed by atoms with Gasteiger partial charge in [-0.15, -0.1) is 24.0 Å². The van der Waals surface area contributed by atoms with Crippen molar-refractivity contribution in [1.82, 2.24) is 25.5 Å². The Morgan fingerprint density at radius 3 is 2.55 bits per heavy atom. The third kappa shape index (κ3) is 14.2. The van der Waals surface area contributed by atoms with E-state index in [9.17, 15) is 4.79 Å². The van der Waals surface area contributed by atoms with Crippen molar-refractivity contribution in [3.05, 3.63) is 18.2 Å². The number of ether oxygens (including phenoxy) is 1. The van der Waals surface area contributed by atoms with Gasteiger partial charge in [0.05, 0.1) is 0 Å². The van der Waals surface area contributed by atoms with Crippen molar-refractivity contribution in [1.29, 1.82) is 0 Å². The summed E-state index contributed by atoms with van der Waals surface area (Å²) < 4.78 is 7.51. The van der Waals surface area contributed by atoms with Crippen LogP contribution in [-0.4, -0.2) is 52.9 Å². The van der Waals surface area contributed by atoms with Crippen LogP contribution >= 0.6 is 24.0 Å². The fourth-order valence-electron chi connectivity index (χ4n) is 2.93. The lowest BCUT2D eigenvalue weighted by Crippen LogP contribution is -2.49. The van der Waals surface area contributed by atoms with E-state index in [1.54, 1.807) is 0 Å². The molecule has 0 bridgehead atoms. The molecule has 180 valence electrons. The molecule has 0 saturated heterocycles. The van der Waals surface area contributed by atoms with E-state index in [2.05, 4.69) is 39.3 Å². The Bertz CT molecular complexity index is 642. The molecule has 8 nitrogen and oxygen atoms in total. The summed E-state index contributed by atoms with van der Waals surface area (Å²) in [5.74, 6) is 1.84. The van der Waals surface area contributed by atoms with Crippen LogP contribution in [0.1, 0.15) is 72.5 Å². The lowest BCUT2D eigenvalue weighted by molar-refractivity contribution is 0.0522. The Morgan fingerprint density at radius 2 is 1.97 bits per heavy atom. The Kier molecular flexibility index (Phi) is 15.4. The molecule has 0 aliphatic heterocycles. The number of aryl methyl sites for hydroxylation is 2. The number of aliphatic imine (C=N–C) groups is 1. The van der Waals surface area contributed by atoms with Crippen LogP contribution in [0.4, 0.5) is 4.79 Å². The highest BCUT2D eigenvalue weighted by atomic mass is 127. The summed E-state index contributed by atoms with van der Waals surface area (Å²) in [5.41, 5.74) is -0.498. The molecule has 1 aromatic heterocycles. The molecule has 31 heavy (non-hydrogen) atoms. The van der Waals surface area contributed by atoms with Gasteiger partial charge in [-0.25, -0.2) is 9.78 Å². The molecule has 0 radical (unpaired) electrons. The Balaban J connectivity index is 0.00000900. The maximum Gasteiger partial charge on any atom is 0.407 e. The van der Waals surface area contributed by atoms with Crippen LogP contribution in [0.3, 0.4) is 0 Å². The molecule has 1 aromatic rings. The number of guanidine groups is 1. The van der Waals surface area contributed by atoms with Gasteiger partial charge in [0.1, 0.15) is 11.4 Å². The number of hydrogen-bond acceptors (Lipinski definition) is 4. The molecule has 0 fully saturated rings. The van der Waals surface area contributed by atoms with E-state index in [4.69, 9.17) is 9.73 Å². The second-order valence-corrected chi connectivity index (χ2v) is 8.50. The highest BCUT2D eigenvalue weighted by Crippen LogP contribution is 2.07. The Morgan fingerprint density at radius 1 is 1.23 bits per heavy atom. The topological polar surface area (TPSA) is 92.6 Å². The molecule has 9 heteroatoms. The first-order chi connectivity index (χ1) is 14.2. The number of carbonyl (C=O) groups excluding carboxylic acids is 1. The highest BCUT2D eigenvalue weighted by molar-refractivity contribution is 14.0. The largest absolute Gasteiger partial charge is 0.444 e. The van der Waals surface area contributed by atoms with Crippen LogP contribution in [0.2, 0.25) is 0 Å². The Hall–Kier alpha value is -1.52. The molecule has 1 amide bonds. The van der Waals surface area contributed by atoms with E-state index >= 15 is 0 Å². The van der Waals surface area contributed by atoms with E-state index in [-0.39, 0.29) is 36.1 Å². The van der Waals surface area contributed by atoms with Crippen LogP contribution in [-0.2, 0) is 11.3 Å². The van der Waals surface area contributed by atoms with Crippen LogP contribution in [0, 0.1) is 6.92 Å². The SMILES string of the molecule is CCCCC(CNC(=O)OC(C)(C)C)NC(=NCCCCn1ccnc1C)NCC.I. The zero-order chi connectivity index (χ0) is 22.4. The van der Waals surface area contributed by atoms with Gasteiger partial charge in [-0.3, -0.25) is 4.99 Å². The highest BCUT2D eigenvalue weighted by Gasteiger charge is 2.18. The van der Waals surface area contributed by atoms with E-state index in [0.717, 1.165) is 63.5 Å². The number of nitrogens with zero attached hydrogens (tertiary/aromatic N) is 3. The molecule has 0 aromatic carbocycles. The third-order valence-electron chi connectivity index (χ3n) is 4.48. The second kappa shape index (κ2) is 16.2. The molecular formula is C22H43IN6O2. The number of alkyl carbamates (subject to hydrolysis) is 1. The second-order valence-electron chi connectivity index (χ2n) is 8.50. The van der Waals surface area contributed by atoms with Gasteiger partial charge in [0.25, 0.3) is 0 Å². The molecule has 0 aliphatic rings. The van der Waals surface area contributed by atoms with Gasteiger partial charge in [-0.05, 0) is 53.9 Å². The average molecular weight is 551 g/mol. The summed E-state index contributed by atoms with van der Waals surface area (Å²) in [7, 11) is 0. The summed E-state index contributed by atoms with van der Waals surface area (Å²) in [6, 6.07) is 0.101. The quantitative estimate of drug-likeness (QED) is 0.157. The standard InChI is InChI=1S/C22H42N6O2.HI/c1-7-9-12-19(17-26-21(29)30-22(4,5)6)27-20(23-8-2)25-13-10-11-15-28-16-14-24-18(28)3;/h14,16,19H,7-13,15,17H2,1-6H3,(H,26,29)(H2,23,25,27);1H. The van der Waals surface area contributed by atoms with Crippen molar-refractivity contribution in [2.75, 3.05) is 19.6 Å². The molecule has 1 atom stereocenters. The Labute approximate surface area is 205 Å². The van der Waals surface area contributed by atoms with Crippen molar-refractivity contribution in [2.45, 2.75) is 91.8 Å². The number of rotatable bonds is 12. The van der Waals surface area contributed by atoms with E-state index in [0.29, 0.717) is 6.54 Å². The molecule has 1 rings (SSSR count). The summed E-state index contributed by atoms with van der Waals surface area (Å²) in [6.45, 7) is 14.8. The molecule has 0 spiro atoms. The predicted octanol–water partition coefficient (Wildman–Crippen LogP) is 4.23. The first kappa shape index (κ1) is 29.5. The van der Waals surface area contributed by atoms with Crippen molar-refractivity contribution < 1.29 is 9.53 Å². The smallest absolute Gasteiger partial charge is 0.407 e. The van der Waals surface area contributed by atoms with Gasteiger partial charge >= 0.3 is 6.09 Å². The predicted molar refractivity (Wildman–Crippen MR) is 138 cm³/mol. The van der Waals surface area contributed by atoms with Crippen molar-refractivity contribution in [3.63, 3.8) is 0 Å². The number of unbranched alkanes of at least 4 members (excludes halogenated alkanes) is 2. The maximum atomic E-state index is 12.0. The number of nitrogens with one attached hydrogen (secondary N) is 3. The van der Waals surface area contributed by atoms with E-state index in [1.807, 2.05) is 40.1 Å². The number of imidazole rings is 1. The fraction of sp³-hybridized carbons (Fsp3) is 0.773. The average Bonchev–Trinajstić information content (AvgIpc) is 3.07. The molecule has 3 N–H and O–H groups in total. The zero-order valence-corrected chi connectivity index (χ0v) is 22.5. The minimum absolute atomic E-state index is 0. The lowest BCUT2D eigenvalue weighted by atomic mass is 10.1. The number of carbonyl (C=O) groups is 1. The van der Waals surface area contributed by atoms with Gasteiger partial charge in [-0.2, -0.15) is 0 Å². The van der Waals surface area contributed by atoms with Crippen LogP contribution in [0.15, 0.2) is 17.4 Å². The van der Waals surface area contributed by atoms with Crippen LogP contribution in [0.5, 0.6) is 0 Å². The number of aromatic nitrogens is 2. The van der Waals surface area contributed by atoms with Gasteiger partial charge in [0, 0.05) is 44.6 Å². The van der Waals surface area contributed by atoms with Gasteiger partial charge in [-0.1, -0.05) is 19.8 Å². The summed E-state index contributed by atoms with van der Waals surface area (Å²) in [5, 5.41) is 9.66. The first-order valence-corrected chi connectivity index (χ1v) is 11.2. The minimum atomic E-state index is -0.498. The molecule has 0 aliphatic carbocycles. The summed E-state index contributed by atoms with van der Waals surface area (Å²) in [6.07, 6.45) is 8.66. The van der Waals surface area contributed by atoms with Gasteiger partial charge in [0.2, 0.25) is 0 Å². The van der Waals surface area contributed by atoms with Crippen molar-refractivity contribution >= 4 is 36.0 Å². The molecule has 1 unspecified atom stereocenters. The van der Waals surface area contributed by atoms with Crippen molar-refractivity contribution in [2.24, 2.45) is 4.99 Å². The maximum absolute atomic E-state index is 12.0. The molecule has 0 saturated carbocycles. The third-order valence-corrected chi connectivity index (χ3v) is 4.48. The monoisotopic (exact) mass is 550 g/mol. The number of halogens is 1. The minimum Gasteiger partial charge on any atom is -0.444 e. The normalized spacial score (nSPS) is 12.6. The van der Waals surface area contributed by atoms with Gasteiger partial charge < -0.3 is 25.3 Å². The van der Waals surface area contributed by atoms with Crippen LogP contribution in [0.25, 0.3) is 0 Å². The zero-order valence-electron chi connectivity index (χ0n) is 20.2. The lowest BCUT2D eigenvalue weighted by Gasteiger charge is -2.24. The molecular weight excluding hydrogens is 507 g/mol. The summed E-state index contributed by atoms with van der Waals surface area (Å²) in [4.78, 5) is 21.0. The van der Waals surface area contributed by atoms with E-state index in [1.165, 1.54) is 0 Å². The first-order valence-electron chi connectivity index (χ1n) is 11.2. The molecule has 1 heterocycles. The number of hydrogen-bond donors (Lipinski definition) is 3. The van der Waals surface area contributed by atoms with Crippen LogP contribution < -0.4 is 16.0 Å². The fourth-order valence-corrected chi connectivity index (χ4v) is 2.93. The summed E-state index contributed by atoms with van der Waals surface area (Å²) >= 11 is 0. The van der Waals surface area contributed by atoms with Crippen molar-refractivity contribution in [3.8, 4) is 0 Å².